The number of H-pyrrole nitrogens is 1. The van der Waals surface area contributed by atoms with Crippen LogP contribution in [0, 0.1) is 0 Å². The first kappa shape index (κ1) is 24.7. The molecule has 1 amide bonds. The minimum atomic E-state index is -4.00. The molecule has 3 aromatic rings. The standard InChI is InChI=1S/C22H26BrN5O4S/c23-16-5-7-17(8-6-16)28-33(30,31)21-13-18(27-22(29)19-14-25-15-26-19)9-10-20(21)32-12-4-2-1-3-11-24/h5-10,13-15,28H,1-4,11-12,24H2,(H,25,26)(H,27,29). The number of hydrogen-bond donors (Lipinski definition) is 4. The number of amides is 1. The Bertz CT molecular complexity index is 1150. The van der Waals surface area contributed by atoms with Gasteiger partial charge >= 0.3 is 0 Å². The molecule has 0 saturated carbocycles. The van der Waals surface area contributed by atoms with Crippen molar-refractivity contribution in [3.63, 3.8) is 0 Å². The number of rotatable bonds is 12. The van der Waals surface area contributed by atoms with Gasteiger partial charge in [0.1, 0.15) is 16.3 Å². The van der Waals surface area contributed by atoms with Crippen LogP contribution in [0.25, 0.3) is 0 Å². The minimum absolute atomic E-state index is 0.0743. The Hall–Kier alpha value is -2.89. The molecule has 0 fully saturated rings. The van der Waals surface area contributed by atoms with Gasteiger partial charge < -0.3 is 20.8 Å². The maximum absolute atomic E-state index is 13.2. The SMILES string of the molecule is NCCCCCCOc1ccc(NC(=O)c2cnc[nH]2)cc1S(=O)(=O)Nc1ccc(Br)cc1. The number of sulfonamides is 1. The summed E-state index contributed by atoms with van der Waals surface area (Å²) in [4.78, 5) is 18.8. The molecule has 1 aromatic heterocycles. The smallest absolute Gasteiger partial charge is 0.273 e. The van der Waals surface area contributed by atoms with Gasteiger partial charge in [-0.05, 0) is 61.9 Å². The van der Waals surface area contributed by atoms with E-state index in [9.17, 15) is 13.2 Å². The fourth-order valence-electron chi connectivity index (χ4n) is 3.00. The van der Waals surface area contributed by atoms with E-state index >= 15 is 0 Å². The van der Waals surface area contributed by atoms with Gasteiger partial charge in [-0.3, -0.25) is 9.52 Å². The van der Waals surface area contributed by atoms with Crippen molar-refractivity contribution in [2.45, 2.75) is 30.6 Å². The Morgan fingerprint density at radius 1 is 1.06 bits per heavy atom. The Kier molecular flexibility index (Phi) is 8.87. The molecule has 5 N–H and O–H groups in total. The van der Waals surface area contributed by atoms with Crippen LogP contribution in [0.3, 0.4) is 0 Å². The first-order chi connectivity index (χ1) is 15.9. The summed E-state index contributed by atoms with van der Waals surface area (Å²) in [6, 6.07) is 11.3. The lowest BCUT2D eigenvalue weighted by Gasteiger charge is -2.15. The summed E-state index contributed by atoms with van der Waals surface area (Å²) >= 11 is 3.33. The van der Waals surface area contributed by atoms with Gasteiger partial charge in [0.25, 0.3) is 15.9 Å². The number of aromatic nitrogens is 2. The number of carbonyl (C=O) groups is 1. The maximum Gasteiger partial charge on any atom is 0.273 e. The van der Waals surface area contributed by atoms with Crippen LogP contribution in [-0.4, -0.2) is 37.4 Å². The third-order valence-electron chi connectivity index (χ3n) is 4.69. The molecule has 0 aliphatic rings. The zero-order valence-corrected chi connectivity index (χ0v) is 20.3. The third-order valence-corrected chi connectivity index (χ3v) is 6.62. The molecule has 0 atom stereocenters. The molecule has 0 radical (unpaired) electrons. The number of nitrogens with one attached hydrogen (secondary N) is 3. The third kappa shape index (κ3) is 7.31. The van der Waals surface area contributed by atoms with Crippen molar-refractivity contribution in [1.82, 2.24) is 9.97 Å². The van der Waals surface area contributed by atoms with E-state index in [1.807, 2.05) is 0 Å². The molecule has 33 heavy (non-hydrogen) atoms. The number of anilines is 2. The molecular formula is C22H26BrN5O4S. The van der Waals surface area contributed by atoms with E-state index in [0.29, 0.717) is 24.5 Å². The van der Waals surface area contributed by atoms with Crippen LogP contribution in [0.5, 0.6) is 5.75 Å². The predicted molar refractivity (Wildman–Crippen MR) is 131 cm³/mol. The largest absolute Gasteiger partial charge is 0.492 e. The lowest BCUT2D eigenvalue weighted by Crippen LogP contribution is -2.17. The predicted octanol–water partition coefficient (Wildman–Crippen LogP) is 4.12. The molecule has 11 heteroatoms. The summed E-state index contributed by atoms with van der Waals surface area (Å²) in [5, 5.41) is 2.67. The quantitative estimate of drug-likeness (QED) is 0.257. The van der Waals surface area contributed by atoms with Gasteiger partial charge in [-0.2, -0.15) is 0 Å². The highest BCUT2D eigenvalue weighted by molar-refractivity contribution is 9.10. The highest BCUT2D eigenvalue weighted by atomic mass is 79.9. The molecule has 0 aliphatic carbocycles. The van der Waals surface area contributed by atoms with Crippen LogP contribution in [0.4, 0.5) is 11.4 Å². The zero-order chi connectivity index (χ0) is 23.7. The topological polar surface area (TPSA) is 139 Å². The van der Waals surface area contributed by atoms with E-state index in [4.69, 9.17) is 10.5 Å². The van der Waals surface area contributed by atoms with Crippen LogP contribution in [0.2, 0.25) is 0 Å². The van der Waals surface area contributed by atoms with Crippen molar-refractivity contribution < 1.29 is 17.9 Å². The van der Waals surface area contributed by atoms with Crippen molar-refractivity contribution in [3.05, 3.63) is 65.2 Å². The van der Waals surface area contributed by atoms with Crippen molar-refractivity contribution in [2.24, 2.45) is 5.73 Å². The summed E-state index contributed by atoms with van der Waals surface area (Å²) in [7, 11) is -4.00. The number of carbonyl (C=O) groups excluding carboxylic acids is 1. The van der Waals surface area contributed by atoms with E-state index in [1.165, 1.54) is 18.6 Å². The second-order valence-corrected chi connectivity index (χ2v) is 9.81. The highest BCUT2D eigenvalue weighted by Crippen LogP contribution is 2.30. The summed E-state index contributed by atoms with van der Waals surface area (Å²) in [6.45, 7) is 1.02. The molecular weight excluding hydrogens is 510 g/mol. The second kappa shape index (κ2) is 11.8. The summed E-state index contributed by atoms with van der Waals surface area (Å²) in [5.41, 5.74) is 6.47. The van der Waals surface area contributed by atoms with E-state index in [1.54, 1.807) is 36.4 Å². The number of nitrogens with two attached hydrogens (primary N) is 1. The van der Waals surface area contributed by atoms with Crippen molar-refractivity contribution in [3.8, 4) is 5.75 Å². The zero-order valence-electron chi connectivity index (χ0n) is 17.9. The van der Waals surface area contributed by atoms with E-state index in [0.717, 1.165) is 30.2 Å². The highest BCUT2D eigenvalue weighted by Gasteiger charge is 2.22. The summed E-state index contributed by atoms with van der Waals surface area (Å²) in [6.07, 6.45) is 6.42. The van der Waals surface area contributed by atoms with E-state index in [-0.39, 0.29) is 16.3 Å². The lowest BCUT2D eigenvalue weighted by atomic mass is 10.2. The van der Waals surface area contributed by atoms with Crippen molar-refractivity contribution in [2.75, 3.05) is 23.2 Å². The normalized spacial score (nSPS) is 11.2. The summed E-state index contributed by atoms with van der Waals surface area (Å²) < 4.78 is 35.6. The number of hydrogen-bond acceptors (Lipinski definition) is 6. The average Bonchev–Trinajstić information content (AvgIpc) is 3.33. The van der Waals surface area contributed by atoms with E-state index in [2.05, 4.69) is 35.9 Å². The van der Waals surface area contributed by atoms with Gasteiger partial charge in [-0.15, -0.1) is 0 Å². The molecule has 0 saturated heterocycles. The Morgan fingerprint density at radius 2 is 1.79 bits per heavy atom. The molecule has 0 unspecified atom stereocenters. The van der Waals surface area contributed by atoms with Crippen LogP contribution < -0.4 is 20.5 Å². The fraction of sp³-hybridized carbons (Fsp3) is 0.273. The number of benzene rings is 2. The maximum atomic E-state index is 13.2. The molecule has 176 valence electrons. The van der Waals surface area contributed by atoms with Crippen LogP contribution in [0.15, 0.2) is 64.4 Å². The number of halogens is 1. The number of aromatic amines is 1. The Morgan fingerprint density at radius 3 is 2.48 bits per heavy atom. The van der Waals surface area contributed by atoms with Crippen molar-refractivity contribution in [1.29, 1.82) is 0 Å². The molecule has 0 spiro atoms. The van der Waals surface area contributed by atoms with Crippen molar-refractivity contribution >= 4 is 43.2 Å². The average molecular weight is 536 g/mol. The molecule has 3 rings (SSSR count). The molecule has 0 aliphatic heterocycles. The van der Waals surface area contributed by atoms with Gasteiger partial charge in [-0.1, -0.05) is 28.8 Å². The van der Waals surface area contributed by atoms with Gasteiger partial charge in [0.05, 0.1) is 19.1 Å². The van der Waals surface area contributed by atoms with Crippen LogP contribution >= 0.6 is 15.9 Å². The van der Waals surface area contributed by atoms with Crippen LogP contribution in [0.1, 0.15) is 36.2 Å². The molecule has 2 aromatic carbocycles. The van der Waals surface area contributed by atoms with Gasteiger partial charge in [0.2, 0.25) is 0 Å². The molecule has 9 nitrogen and oxygen atoms in total. The fourth-order valence-corrected chi connectivity index (χ4v) is 4.50. The van der Waals surface area contributed by atoms with Gasteiger partial charge in [0, 0.05) is 15.8 Å². The molecule has 1 heterocycles. The lowest BCUT2D eigenvalue weighted by molar-refractivity contribution is 0.102. The second-order valence-electron chi connectivity index (χ2n) is 7.24. The van der Waals surface area contributed by atoms with Crippen LogP contribution in [-0.2, 0) is 10.0 Å². The Labute approximate surface area is 201 Å². The number of imidazole rings is 1. The number of nitrogens with zero attached hydrogens (tertiary/aromatic N) is 1. The summed E-state index contributed by atoms with van der Waals surface area (Å²) in [5.74, 6) is -0.233. The minimum Gasteiger partial charge on any atom is -0.492 e. The molecule has 0 bridgehead atoms. The Balaban J connectivity index is 1.82. The first-order valence-corrected chi connectivity index (χ1v) is 12.7. The monoisotopic (exact) mass is 535 g/mol. The van der Waals surface area contributed by atoms with Gasteiger partial charge in [-0.25, -0.2) is 13.4 Å². The first-order valence-electron chi connectivity index (χ1n) is 10.4. The van der Waals surface area contributed by atoms with E-state index < -0.39 is 15.9 Å². The number of unbranched alkanes of at least 4 members (excludes halogenated alkanes) is 3. The number of ether oxygens (including phenoxy) is 1. The van der Waals surface area contributed by atoms with Gasteiger partial charge in [0.15, 0.2) is 0 Å².